The van der Waals surface area contributed by atoms with E-state index in [1.807, 2.05) is 24.4 Å². The lowest BCUT2D eigenvalue weighted by molar-refractivity contribution is 0.0950. The summed E-state index contributed by atoms with van der Waals surface area (Å²) in [5, 5.41) is 3.26. The number of nitrogens with one attached hydrogen (secondary N) is 1. The maximum Gasteiger partial charge on any atom is 0.251 e. The first-order chi connectivity index (χ1) is 17.2. The molecule has 1 amide bonds. The van der Waals surface area contributed by atoms with Gasteiger partial charge in [-0.25, -0.2) is 9.97 Å². The summed E-state index contributed by atoms with van der Waals surface area (Å²) < 4.78 is 5.59. The van der Waals surface area contributed by atoms with Crippen molar-refractivity contribution in [1.82, 2.24) is 25.2 Å². The Labute approximate surface area is 209 Å². The highest BCUT2D eigenvalue weighted by Crippen LogP contribution is 2.34. The number of rotatable bonds is 8. The second kappa shape index (κ2) is 10.8. The molecule has 1 aliphatic carbocycles. The third-order valence-electron chi connectivity index (χ3n) is 6.25. The molecule has 3 heterocycles. The third-order valence-corrected chi connectivity index (χ3v) is 6.45. The van der Waals surface area contributed by atoms with Crippen LogP contribution in [-0.2, 0) is 26.1 Å². The van der Waals surface area contributed by atoms with E-state index in [0.717, 1.165) is 36.1 Å². The topological polar surface area (TPSA) is 84.2 Å². The molecule has 178 valence electrons. The zero-order chi connectivity index (χ0) is 24.0. The summed E-state index contributed by atoms with van der Waals surface area (Å²) in [7, 11) is 0. The van der Waals surface area contributed by atoms with Gasteiger partial charge in [0.15, 0.2) is 0 Å². The minimum atomic E-state index is -0.185. The summed E-state index contributed by atoms with van der Waals surface area (Å²) in [5.41, 5.74) is 5.12. The fourth-order valence-corrected chi connectivity index (χ4v) is 4.80. The molecule has 1 aliphatic rings. The minimum absolute atomic E-state index is 0.185. The van der Waals surface area contributed by atoms with E-state index >= 15 is 0 Å². The van der Waals surface area contributed by atoms with E-state index in [2.05, 4.69) is 38.4 Å². The van der Waals surface area contributed by atoms with Crippen LogP contribution in [0.1, 0.15) is 57.5 Å². The number of nitrogens with zero attached hydrogens (tertiary/aromatic N) is 4. The van der Waals surface area contributed by atoms with Gasteiger partial charge in [-0.05, 0) is 54.2 Å². The fraction of sp³-hybridized carbons (Fsp3) is 0.259. The molecular formula is C27H26ClN5O2. The van der Waals surface area contributed by atoms with Crippen molar-refractivity contribution in [2.24, 2.45) is 0 Å². The quantitative estimate of drug-likeness (QED) is 0.347. The van der Waals surface area contributed by atoms with Gasteiger partial charge in [0.2, 0.25) is 5.89 Å². The van der Waals surface area contributed by atoms with Crippen LogP contribution in [0.15, 0.2) is 77.8 Å². The first kappa shape index (κ1) is 23.2. The van der Waals surface area contributed by atoms with Crippen LogP contribution in [0.3, 0.4) is 0 Å². The molecule has 8 heteroatoms. The SMILES string of the molecule is O=C(NCc1cccc(CN(Cc2ncco2)C2CCCc3cccnc32)c1)c1ccnc(Cl)c1. The number of halogens is 1. The molecule has 0 spiro atoms. The molecule has 0 aliphatic heterocycles. The van der Waals surface area contributed by atoms with Crippen LogP contribution in [0.4, 0.5) is 0 Å². The number of fused-ring (bicyclic) bond motifs is 1. The van der Waals surface area contributed by atoms with Crippen molar-refractivity contribution < 1.29 is 9.21 Å². The van der Waals surface area contributed by atoms with Crippen molar-refractivity contribution in [2.45, 2.75) is 44.9 Å². The average Bonchev–Trinajstić information content (AvgIpc) is 3.40. The predicted octanol–water partition coefficient (Wildman–Crippen LogP) is 5.13. The Bertz CT molecular complexity index is 1290. The maximum absolute atomic E-state index is 12.5. The van der Waals surface area contributed by atoms with Crippen molar-refractivity contribution in [3.63, 3.8) is 0 Å². The highest BCUT2D eigenvalue weighted by Gasteiger charge is 2.28. The van der Waals surface area contributed by atoms with Crippen molar-refractivity contribution in [3.05, 3.63) is 112 Å². The lowest BCUT2D eigenvalue weighted by Gasteiger charge is -2.34. The molecule has 1 aromatic carbocycles. The monoisotopic (exact) mass is 487 g/mol. The van der Waals surface area contributed by atoms with Crippen LogP contribution in [0.5, 0.6) is 0 Å². The van der Waals surface area contributed by atoms with Crippen LogP contribution in [0.25, 0.3) is 0 Å². The summed E-state index contributed by atoms with van der Waals surface area (Å²) in [4.78, 5) is 27.9. The Hall–Kier alpha value is -3.55. The van der Waals surface area contributed by atoms with E-state index in [0.29, 0.717) is 36.2 Å². The van der Waals surface area contributed by atoms with Crippen LogP contribution < -0.4 is 5.32 Å². The molecule has 5 rings (SSSR count). The highest BCUT2D eigenvalue weighted by molar-refractivity contribution is 6.29. The minimum Gasteiger partial charge on any atom is -0.448 e. The number of carbonyl (C=O) groups is 1. The number of aryl methyl sites for hydroxylation is 1. The smallest absolute Gasteiger partial charge is 0.251 e. The van der Waals surface area contributed by atoms with Crippen molar-refractivity contribution in [1.29, 1.82) is 0 Å². The van der Waals surface area contributed by atoms with Gasteiger partial charge in [0, 0.05) is 31.0 Å². The molecule has 0 saturated carbocycles. The number of hydrogen-bond donors (Lipinski definition) is 1. The van der Waals surface area contributed by atoms with E-state index < -0.39 is 0 Å². The van der Waals surface area contributed by atoms with E-state index in [1.165, 1.54) is 11.8 Å². The molecular weight excluding hydrogens is 462 g/mol. The number of pyridine rings is 2. The number of oxazole rings is 1. The first-order valence-corrected chi connectivity index (χ1v) is 12.1. The van der Waals surface area contributed by atoms with Crippen LogP contribution in [0, 0.1) is 0 Å². The zero-order valence-electron chi connectivity index (χ0n) is 19.2. The molecule has 4 aromatic rings. The van der Waals surface area contributed by atoms with E-state index in [-0.39, 0.29) is 11.9 Å². The lowest BCUT2D eigenvalue weighted by Crippen LogP contribution is -2.31. The Morgan fingerprint density at radius 1 is 1.03 bits per heavy atom. The fourth-order valence-electron chi connectivity index (χ4n) is 4.62. The predicted molar refractivity (Wildman–Crippen MR) is 133 cm³/mol. The van der Waals surface area contributed by atoms with Gasteiger partial charge in [0.25, 0.3) is 5.91 Å². The number of amides is 1. The Balaban J connectivity index is 1.32. The molecule has 0 fully saturated rings. The summed E-state index contributed by atoms with van der Waals surface area (Å²) in [6.07, 6.45) is 9.91. The average molecular weight is 488 g/mol. The Morgan fingerprint density at radius 2 is 1.94 bits per heavy atom. The van der Waals surface area contributed by atoms with Crippen molar-refractivity contribution in [2.75, 3.05) is 0 Å². The lowest BCUT2D eigenvalue weighted by atomic mass is 9.90. The van der Waals surface area contributed by atoms with Crippen molar-refractivity contribution in [3.8, 4) is 0 Å². The van der Waals surface area contributed by atoms with Gasteiger partial charge in [-0.3, -0.25) is 14.7 Å². The molecule has 7 nitrogen and oxygen atoms in total. The second-order valence-electron chi connectivity index (χ2n) is 8.66. The van der Waals surface area contributed by atoms with Gasteiger partial charge in [0.1, 0.15) is 11.4 Å². The molecule has 0 saturated heterocycles. The molecule has 1 unspecified atom stereocenters. The summed E-state index contributed by atoms with van der Waals surface area (Å²) >= 11 is 5.91. The Morgan fingerprint density at radius 3 is 2.80 bits per heavy atom. The third kappa shape index (κ3) is 5.75. The summed E-state index contributed by atoms with van der Waals surface area (Å²) in [6.45, 7) is 1.72. The largest absolute Gasteiger partial charge is 0.448 e. The maximum atomic E-state index is 12.5. The molecule has 1 atom stereocenters. The van der Waals surface area contributed by atoms with E-state index in [4.69, 9.17) is 21.0 Å². The normalized spacial score (nSPS) is 15.1. The van der Waals surface area contributed by atoms with E-state index in [1.54, 1.807) is 24.6 Å². The molecule has 35 heavy (non-hydrogen) atoms. The van der Waals surface area contributed by atoms with Crippen molar-refractivity contribution >= 4 is 17.5 Å². The van der Waals surface area contributed by atoms with Gasteiger partial charge in [0.05, 0.1) is 24.5 Å². The van der Waals surface area contributed by atoms with Gasteiger partial charge >= 0.3 is 0 Å². The van der Waals surface area contributed by atoms with Gasteiger partial charge in [-0.1, -0.05) is 41.9 Å². The van der Waals surface area contributed by atoms with Crippen LogP contribution in [0.2, 0.25) is 5.15 Å². The van der Waals surface area contributed by atoms with Crippen LogP contribution in [-0.4, -0.2) is 25.8 Å². The zero-order valence-corrected chi connectivity index (χ0v) is 20.0. The van der Waals surface area contributed by atoms with E-state index in [9.17, 15) is 4.79 Å². The number of carbonyl (C=O) groups excluding carboxylic acids is 1. The van der Waals surface area contributed by atoms with Gasteiger partial charge in [-0.15, -0.1) is 0 Å². The molecule has 1 N–H and O–H groups in total. The Kier molecular flexibility index (Phi) is 7.16. The number of benzene rings is 1. The van der Waals surface area contributed by atoms with Gasteiger partial charge in [-0.2, -0.15) is 0 Å². The van der Waals surface area contributed by atoms with Gasteiger partial charge < -0.3 is 9.73 Å². The highest BCUT2D eigenvalue weighted by atomic mass is 35.5. The second-order valence-corrected chi connectivity index (χ2v) is 9.04. The molecule has 0 bridgehead atoms. The number of aromatic nitrogens is 3. The summed E-state index contributed by atoms with van der Waals surface area (Å²) in [5.74, 6) is 0.502. The molecule has 0 radical (unpaired) electrons. The first-order valence-electron chi connectivity index (χ1n) is 11.7. The van der Waals surface area contributed by atoms with Crippen LogP contribution >= 0.6 is 11.6 Å². The summed E-state index contributed by atoms with van der Waals surface area (Å²) in [6, 6.07) is 15.9. The standard InChI is InChI=1S/C27H26ClN5O2/c28-24-15-22(9-11-29-24)27(34)32-16-19-4-1-5-20(14-19)17-33(18-25-30-12-13-35-25)23-8-2-6-21-7-3-10-31-26(21)23/h1,3-5,7,9-15,23H,2,6,8,16-18H2,(H,32,34). The molecule has 3 aromatic heterocycles. The number of hydrogen-bond acceptors (Lipinski definition) is 6.